The van der Waals surface area contributed by atoms with Crippen molar-refractivity contribution in [2.45, 2.75) is 19.4 Å². The average Bonchev–Trinajstić information content (AvgIpc) is 2.36. The molecule has 1 N–H and O–H groups in total. The molecule has 13 heavy (non-hydrogen) atoms. The summed E-state index contributed by atoms with van der Waals surface area (Å²) in [7, 11) is 0. The number of hydrogen-bond donors (Lipinski definition) is 1. The van der Waals surface area contributed by atoms with E-state index in [1.165, 1.54) is 13.3 Å². The molecule has 0 amide bonds. The van der Waals surface area contributed by atoms with Crippen LogP contribution in [0.15, 0.2) is 0 Å². The summed E-state index contributed by atoms with van der Waals surface area (Å²) in [4.78, 5) is 10.6. The summed E-state index contributed by atoms with van der Waals surface area (Å²) in [5.74, 6) is 2.70. The van der Waals surface area contributed by atoms with Crippen LogP contribution in [0.2, 0.25) is 0 Å². The average molecular weight is 182 g/mol. The Kier molecular flexibility index (Phi) is 1.36. The van der Waals surface area contributed by atoms with Crippen LogP contribution in [0.25, 0.3) is 0 Å². The van der Waals surface area contributed by atoms with Gasteiger partial charge in [0.05, 0.1) is 12.7 Å². The van der Waals surface area contributed by atoms with Crippen LogP contribution >= 0.6 is 0 Å². The molecule has 4 aliphatic rings. The van der Waals surface area contributed by atoms with Crippen molar-refractivity contribution in [1.82, 2.24) is 0 Å². The van der Waals surface area contributed by atoms with E-state index >= 15 is 0 Å². The molecule has 3 heteroatoms. The van der Waals surface area contributed by atoms with Gasteiger partial charge in [-0.15, -0.1) is 0 Å². The number of esters is 1. The maximum Gasteiger partial charge on any atom is 0.302 e. The summed E-state index contributed by atoms with van der Waals surface area (Å²) in [5.41, 5.74) is 0. The molecule has 0 aromatic carbocycles. The Bertz CT molecular complexity index is 263. The fourth-order valence-corrected chi connectivity index (χ4v) is 3.73. The molecule has 4 rings (SSSR count). The fourth-order valence-electron chi connectivity index (χ4n) is 3.73. The van der Waals surface area contributed by atoms with Crippen LogP contribution < -0.4 is 0 Å². The molecule has 6 unspecified atom stereocenters. The first-order valence-electron chi connectivity index (χ1n) is 5.01. The first kappa shape index (κ1) is 7.80. The molecule has 0 heterocycles. The number of hydrogen-bond acceptors (Lipinski definition) is 3. The Morgan fingerprint density at radius 2 is 2.23 bits per heavy atom. The Morgan fingerprint density at radius 3 is 2.62 bits per heavy atom. The lowest BCUT2D eigenvalue weighted by Gasteiger charge is -2.16. The monoisotopic (exact) mass is 182 g/mol. The molecular formula is C10H14O3. The van der Waals surface area contributed by atoms with Gasteiger partial charge in [-0.25, -0.2) is 0 Å². The zero-order valence-electron chi connectivity index (χ0n) is 7.64. The lowest BCUT2D eigenvalue weighted by atomic mass is 9.98. The van der Waals surface area contributed by atoms with E-state index < -0.39 is 0 Å². The van der Waals surface area contributed by atoms with E-state index in [1.807, 2.05) is 0 Å². The van der Waals surface area contributed by atoms with Crippen molar-refractivity contribution < 1.29 is 14.6 Å². The molecule has 4 fully saturated rings. The minimum Gasteiger partial charge on any atom is -0.466 e. The quantitative estimate of drug-likeness (QED) is 0.630. The Labute approximate surface area is 77.1 Å². The van der Waals surface area contributed by atoms with E-state index in [0.717, 1.165) is 5.92 Å². The number of rotatable bonds is 2. The molecule has 4 aliphatic carbocycles. The third-order valence-corrected chi connectivity index (χ3v) is 4.19. The van der Waals surface area contributed by atoms with Crippen molar-refractivity contribution in [3.8, 4) is 0 Å². The van der Waals surface area contributed by atoms with Crippen molar-refractivity contribution >= 4 is 5.97 Å². The predicted octanol–water partition coefficient (Wildman–Crippen LogP) is 0.422. The molecule has 3 nitrogen and oxygen atoms in total. The molecule has 4 saturated carbocycles. The maximum absolute atomic E-state index is 10.6. The topological polar surface area (TPSA) is 46.5 Å². The van der Waals surface area contributed by atoms with Crippen molar-refractivity contribution in [2.75, 3.05) is 6.61 Å². The summed E-state index contributed by atoms with van der Waals surface area (Å²) in [6.07, 6.45) is 1.08. The van der Waals surface area contributed by atoms with E-state index in [0.29, 0.717) is 30.3 Å². The van der Waals surface area contributed by atoms with Gasteiger partial charge in [0.1, 0.15) is 0 Å². The molecule has 0 spiro atoms. The number of carbonyl (C=O) groups is 1. The number of aliphatic hydroxyl groups is 1. The number of ether oxygens (including phenoxy) is 1. The summed E-state index contributed by atoms with van der Waals surface area (Å²) in [5, 5.41) is 9.74. The zero-order chi connectivity index (χ0) is 9.16. The summed E-state index contributed by atoms with van der Waals surface area (Å²) >= 11 is 0. The molecule has 72 valence electrons. The van der Waals surface area contributed by atoms with Crippen LogP contribution in [0.3, 0.4) is 0 Å². The van der Waals surface area contributed by atoms with Gasteiger partial charge in [0, 0.05) is 12.8 Å². The fraction of sp³-hybridized carbons (Fsp3) is 0.900. The third kappa shape index (κ3) is 0.857. The molecular weight excluding hydrogens is 168 g/mol. The summed E-state index contributed by atoms with van der Waals surface area (Å²) in [6.45, 7) is 1.98. The highest BCUT2D eigenvalue weighted by Crippen LogP contribution is 2.73. The van der Waals surface area contributed by atoms with Crippen molar-refractivity contribution in [2.24, 2.45) is 29.6 Å². The van der Waals surface area contributed by atoms with E-state index in [4.69, 9.17) is 4.74 Å². The normalized spacial score (nSPS) is 55.2. The standard InChI is InChI=1S/C10H14O3/c1-4(11)13-3-7-5-2-6-8(7)9(6)10(5)12/h5-10,12H,2-3H2,1H3. The molecule has 0 aromatic rings. The van der Waals surface area contributed by atoms with Crippen molar-refractivity contribution in [3.63, 3.8) is 0 Å². The van der Waals surface area contributed by atoms with Gasteiger partial charge < -0.3 is 9.84 Å². The number of carbonyl (C=O) groups excluding carboxylic acids is 1. The second kappa shape index (κ2) is 2.27. The predicted molar refractivity (Wildman–Crippen MR) is 44.7 cm³/mol. The van der Waals surface area contributed by atoms with Gasteiger partial charge in [0.2, 0.25) is 0 Å². The van der Waals surface area contributed by atoms with E-state index in [-0.39, 0.29) is 12.1 Å². The van der Waals surface area contributed by atoms with Gasteiger partial charge in [-0.2, -0.15) is 0 Å². The lowest BCUT2D eigenvalue weighted by Crippen LogP contribution is -2.21. The van der Waals surface area contributed by atoms with Crippen LogP contribution in [-0.2, 0) is 9.53 Å². The molecule has 0 saturated heterocycles. The SMILES string of the molecule is CC(=O)OCC1C2CC3C(C2O)C13. The van der Waals surface area contributed by atoms with Crippen LogP contribution in [0.5, 0.6) is 0 Å². The van der Waals surface area contributed by atoms with Crippen LogP contribution in [0.1, 0.15) is 13.3 Å². The third-order valence-electron chi connectivity index (χ3n) is 4.19. The highest BCUT2D eigenvalue weighted by molar-refractivity contribution is 5.65. The summed E-state index contributed by atoms with van der Waals surface area (Å²) in [6, 6.07) is 0. The first-order valence-corrected chi connectivity index (χ1v) is 5.01. The molecule has 0 aliphatic heterocycles. The summed E-state index contributed by atoms with van der Waals surface area (Å²) < 4.78 is 5.02. The van der Waals surface area contributed by atoms with Gasteiger partial charge in [0.15, 0.2) is 0 Å². The van der Waals surface area contributed by atoms with Gasteiger partial charge >= 0.3 is 5.97 Å². The molecule has 0 aromatic heterocycles. The maximum atomic E-state index is 10.6. The van der Waals surface area contributed by atoms with Crippen LogP contribution in [-0.4, -0.2) is 23.8 Å². The van der Waals surface area contributed by atoms with Gasteiger partial charge in [-0.3, -0.25) is 4.79 Å². The lowest BCUT2D eigenvalue weighted by molar-refractivity contribution is -0.142. The smallest absolute Gasteiger partial charge is 0.302 e. The van der Waals surface area contributed by atoms with E-state index in [9.17, 15) is 9.90 Å². The highest BCUT2D eigenvalue weighted by Gasteiger charge is 2.73. The highest BCUT2D eigenvalue weighted by atomic mass is 16.5. The minimum absolute atomic E-state index is 0.0874. The first-order chi connectivity index (χ1) is 6.20. The minimum atomic E-state index is -0.198. The second-order valence-corrected chi connectivity index (χ2v) is 4.68. The Balaban J connectivity index is 1.66. The van der Waals surface area contributed by atoms with Crippen molar-refractivity contribution in [3.05, 3.63) is 0 Å². The zero-order valence-corrected chi connectivity index (χ0v) is 7.64. The number of aliphatic hydroxyl groups excluding tert-OH is 1. The second-order valence-electron chi connectivity index (χ2n) is 4.68. The van der Waals surface area contributed by atoms with Crippen LogP contribution in [0.4, 0.5) is 0 Å². The Hall–Kier alpha value is -0.570. The molecule has 4 bridgehead atoms. The Morgan fingerprint density at radius 1 is 1.46 bits per heavy atom. The van der Waals surface area contributed by atoms with Gasteiger partial charge in [-0.1, -0.05) is 0 Å². The largest absolute Gasteiger partial charge is 0.466 e. The van der Waals surface area contributed by atoms with E-state index in [2.05, 4.69) is 0 Å². The van der Waals surface area contributed by atoms with Crippen molar-refractivity contribution in [1.29, 1.82) is 0 Å². The molecule has 6 atom stereocenters. The van der Waals surface area contributed by atoms with Gasteiger partial charge in [-0.05, 0) is 30.1 Å². The van der Waals surface area contributed by atoms with Gasteiger partial charge in [0.25, 0.3) is 0 Å². The van der Waals surface area contributed by atoms with E-state index in [1.54, 1.807) is 0 Å². The molecule has 0 radical (unpaired) electrons. The van der Waals surface area contributed by atoms with Crippen LogP contribution in [0, 0.1) is 29.6 Å².